The number of nitrogens with zero attached hydrogens (tertiary/aromatic N) is 2. The molecular formula is C24H32N2O2. The highest BCUT2D eigenvalue weighted by molar-refractivity contribution is 5.74. The number of carbonyl (C=O) groups is 1. The maximum Gasteiger partial charge on any atom is 0.219 e. The summed E-state index contributed by atoms with van der Waals surface area (Å²) < 4.78 is 0. The van der Waals surface area contributed by atoms with Crippen LogP contribution in [0.25, 0.3) is 0 Å². The summed E-state index contributed by atoms with van der Waals surface area (Å²) in [4.78, 5) is 16.6. The van der Waals surface area contributed by atoms with Crippen molar-refractivity contribution in [2.24, 2.45) is 0 Å². The first kappa shape index (κ1) is 19.2. The average molecular weight is 381 g/mol. The largest absolute Gasteiger partial charge is 0.389 e. The molecule has 2 aromatic rings. The van der Waals surface area contributed by atoms with Crippen LogP contribution < -0.4 is 0 Å². The Morgan fingerprint density at radius 3 is 2.46 bits per heavy atom. The molecule has 1 unspecified atom stereocenters. The maximum absolute atomic E-state index is 12.1. The first-order chi connectivity index (χ1) is 13.5. The van der Waals surface area contributed by atoms with Gasteiger partial charge >= 0.3 is 0 Å². The van der Waals surface area contributed by atoms with Gasteiger partial charge in [-0.2, -0.15) is 0 Å². The van der Waals surface area contributed by atoms with Crippen LogP contribution in [0.4, 0.5) is 0 Å². The molecule has 2 aromatic carbocycles. The Kier molecular flexibility index (Phi) is 5.26. The van der Waals surface area contributed by atoms with Crippen LogP contribution in [0.2, 0.25) is 0 Å². The number of hydrogen-bond acceptors (Lipinski definition) is 3. The van der Waals surface area contributed by atoms with Gasteiger partial charge in [0.05, 0.1) is 6.10 Å². The third kappa shape index (κ3) is 3.71. The Labute approximate surface area is 169 Å². The van der Waals surface area contributed by atoms with E-state index in [2.05, 4.69) is 41.3 Å². The molecule has 4 rings (SSSR count). The first-order valence-corrected chi connectivity index (χ1v) is 10.3. The summed E-state index contributed by atoms with van der Waals surface area (Å²) in [6.45, 7) is 8.09. The molecule has 0 bridgehead atoms. The number of aliphatic hydroxyl groups excluding tert-OH is 1. The van der Waals surface area contributed by atoms with Crippen LogP contribution in [0.5, 0.6) is 0 Å². The van der Waals surface area contributed by atoms with Gasteiger partial charge in [0.25, 0.3) is 0 Å². The van der Waals surface area contributed by atoms with Gasteiger partial charge in [0.15, 0.2) is 0 Å². The fourth-order valence-corrected chi connectivity index (χ4v) is 4.84. The third-order valence-corrected chi connectivity index (χ3v) is 6.57. The van der Waals surface area contributed by atoms with Crippen LogP contribution in [0.1, 0.15) is 56.5 Å². The second-order valence-electron chi connectivity index (χ2n) is 8.51. The Balaban J connectivity index is 0.00000240. The number of benzene rings is 2. The van der Waals surface area contributed by atoms with Gasteiger partial charge in [0.2, 0.25) is 5.91 Å². The number of hydrogen-bond donors (Lipinski definition) is 1. The molecule has 0 saturated carbocycles. The quantitative estimate of drug-likeness (QED) is 0.879. The van der Waals surface area contributed by atoms with Crippen molar-refractivity contribution in [2.45, 2.75) is 51.3 Å². The van der Waals surface area contributed by atoms with Gasteiger partial charge in [-0.25, -0.2) is 0 Å². The predicted molar refractivity (Wildman–Crippen MR) is 113 cm³/mol. The normalized spacial score (nSPS) is 20.0. The molecule has 1 N–H and O–H groups in total. The lowest BCUT2D eigenvalue weighted by molar-refractivity contribution is -0.131. The zero-order chi connectivity index (χ0) is 19.7. The van der Waals surface area contributed by atoms with Crippen molar-refractivity contribution in [2.75, 3.05) is 19.6 Å². The second kappa shape index (κ2) is 7.69. The smallest absolute Gasteiger partial charge is 0.219 e. The van der Waals surface area contributed by atoms with E-state index in [0.29, 0.717) is 0 Å². The topological polar surface area (TPSA) is 43.8 Å². The van der Waals surface area contributed by atoms with Crippen molar-refractivity contribution in [1.82, 2.24) is 9.80 Å². The van der Waals surface area contributed by atoms with Crippen LogP contribution in [0.15, 0.2) is 48.5 Å². The molecule has 2 aliphatic rings. The highest BCUT2D eigenvalue weighted by atomic mass is 16.3. The van der Waals surface area contributed by atoms with E-state index >= 15 is 0 Å². The number of carbonyl (C=O) groups excluding carboxylic acids is 1. The summed E-state index contributed by atoms with van der Waals surface area (Å²) in [7, 11) is 0. The summed E-state index contributed by atoms with van der Waals surface area (Å²) in [5.41, 5.74) is 5.10. The SMILES string of the molecule is CC(=O)N1Cc2ccccc2C2(CCN(Cc3ccc(C(C)O)cc3)CC2)C1.[HH]. The Morgan fingerprint density at radius 1 is 1.14 bits per heavy atom. The molecule has 0 aliphatic carbocycles. The molecule has 1 atom stereocenters. The van der Waals surface area contributed by atoms with Crippen LogP contribution >= 0.6 is 0 Å². The molecule has 150 valence electrons. The molecule has 28 heavy (non-hydrogen) atoms. The molecule has 0 aromatic heterocycles. The van der Waals surface area contributed by atoms with E-state index in [-0.39, 0.29) is 12.7 Å². The summed E-state index contributed by atoms with van der Waals surface area (Å²) in [5.74, 6) is 0.175. The molecule has 1 fully saturated rings. The number of piperidine rings is 1. The number of aliphatic hydroxyl groups is 1. The Morgan fingerprint density at radius 2 is 1.82 bits per heavy atom. The minimum atomic E-state index is -0.417. The summed E-state index contributed by atoms with van der Waals surface area (Å²) in [6.07, 6.45) is 1.75. The fourth-order valence-electron chi connectivity index (χ4n) is 4.84. The van der Waals surface area contributed by atoms with Gasteiger partial charge in [-0.05, 0) is 55.1 Å². The molecule has 0 radical (unpaired) electrons. The zero-order valence-electron chi connectivity index (χ0n) is 16.9. The Bertz CT molecular complexity index is 842. The van der Waals surface area contributed by atoms with E-state index < -0.39 is 6.10 Å². The molecule has 2 aliphatic heterocycles. The van der Waals surface area contributed by atoms with E-state index in [9.17, 15) is 9.90 Å². The molecule has 2 heterocycles. The lowest BCUT2D eigenvalue weighted by Gasteiger charge is -2.48. The van der Waals surface area contributed by atoms with E-state index in [0.717, 1.165) is 51.1 Å². The zero-order valence-corrected chi connectivity index (χ0v) is 16.9. The van der Waals surface area contributed by atoms with Crippen molar-refractivity contribution in [3.8, 4) is 0 Å². The minimum Gasteiger partial charge on any atom is -0.389 e. The number of rotatable bonds is 3. The molecular weight excluding hydrogens is 348 g/mol. The van der Waals surface area contributed by atoms with Crippen molar-refractivity contribution in [3.05, 3.63) is 70.8 Å². The lowest BCUT2D eigenvalue weighted by Crippen LogP contribution is -2.52. The van der Waals surface area contributed by atoms with Gasteiger partial charge in [0, 0.05) is 33.4 Å². The van der Waals surface area contributed by atoms with Crippen LogP contribution in [0.3, 0.4) is 0 Å². The van der Waals surface area contributed by atoms with Crippen LogP contribution in [-0.2, 0) is 23.3 Å². The molecule has 4 nitrogen and oxygen atoms in total. The molecule has 1 saturated heterocycles. The molecule has 1 amide bonds. The van der Waals surface area contributed by atoms with Crippen LogP contribution in [-0.4, -0.2) is 40.4 Å². The van der Waals surface area contributed by atoms with Gasteiger partial charge < -0.3 is 10.0 Å². The van der Waals surface area contributed by atoms with Crippen molar-refractivity contribution < 1.29 is 11.3 Å². The van der Waals surface area contributed by atoms with Crippen molar-refractivity contribution >= 4 is 5.91 Å². The first-order valence-electron chi connectivity index (χ1n) is 10.3. The summed E-state index contributed by atoms with van der Waals surface area (Å²) >= 11 is 0. The summed E-state index contributed by atoms with van der Waals surface area (Å²) in [6, 6.07) is 17.0. The molecule has 1 spiro atoms. The average Bonchev–Trinajstić information content (AvgIpc) is 2.70. The standard InChI is InChI=1S/C24H30N2O2.H2/c1-18(27)21-9-7-20(8-10-21)15-25-13-11-24(12-14-25)17-26(19(2)28)16-22-5-3-4-6-23(22)24;/h3-10,18,27H,11-17H2,1-2H3;1H. The maximum atomic E-state index is 12.1. The van der Waals surface area contributed by atoms with Crippen molar-refractivity contribution in [3.63, 3.8) is 0 Å². The Hall–Kier alpha value is -2.17. The van der Waals surface area contributed by atoms with Gasteiger partial charge in [0.1, 0.15) is 0 Å². The van der Waals surface area contributed by atoms with E-state index in [4.69, 9.17) is 0 Å². The minimum absolute atomic E-state index is 0. The van der Waals surface area contributed by atoms with Gasteiger partial charge in [-0.3, -0.25) is 9.69 Å². The monoisotopic (exact) mass is 380 g/mol. The van der Waals surface area contributed by atoms with E-state index in [1.165, 1.54) is 16.7 Å². The van der Waals surface area contributed by atoms with Crippen LogP contribution in [0, 0.1) is 0 Å². The molecule has 4 heteroatoms. The highest BCUT2D eigenvalue weighted by Gasteiger charge is 2.42. The second-order valence-corrected chi connectivity index (χ2v) is 8.51. The number of likely N-dealkylation sites (tertiary alicyclic amines) is 1. The van der Waals surface area contributed by atoms with E-state index in [1.807, 2.05) is 17.0 Å². The van der Waals surface area contributed by atoms with Gasteiger partial charge in [-0.15, -0.1) is 0 Å². The highest BCUT2D eigenvalue weighted by Crippen LogP contribution is 2.42. The number of fused-ring (bicyclic) bond motifs is 2. The van der Waals surface area contributed by atoms with Gasteiger partial charge in [-0.1, -0.05) is 48.5 Å². The fraction of sp³-hybridized carbons (Fsp3) is 0.458. The predicted octanol–water partition coefficient (Wildman–Crippen LogP) is 3.88. The third-order valence-electron chi connectivity index (χ3n) is 6.57. The van der Waals surface area contributed by atoms with E-state index in [1.54, 1.807) is 13.8 Å². The van der Waals surface area contributed by atoms with Crippen molar-refractivity contribution in [1.29, 1.82) is 0 Å². The number of amides is 1. The lowest BCUT2D eigenvalue weighted by atomic mass is 9.69. The summed E-state index contributed by atoms with van der Waals surface area (Å²) in [5, 5.41) is 9.68.